The molecule has 2 aromatic carbocycles. The fraction of sp³-hybridized carbons (Fsp3) is 0.154. The third-order valence-electron chi connectivity index (χ3n) is 2.48. The molecule has 2 rings (SSSR count). The summed E-state index contributed by atoms with van der Waals surface area (Å²) in [5.74, 6) is 0. The number of aldehydes is 1. The molecular formula is C13H12O. The molecule has 0 saturated carbocycles. The van der Waals surface area contributed by atoms with E-state index in [-0.39, 0.29) is 0 Å². The first-order valence-corrected chi connectivity index (χ1v) is 4.67. The van der Waals surface area contributed by atoms with Crippen molar-refractivity contribution in [2.45, 2.75) is 13.8 Å². The van der Waals surface area contributed by atoms with Crippen LogP contribution in [0.25, 0.3) is 10.8 Å². The maximum Gasteiger partial charge on any atom is 0.150 e. The predicted molar refractivity (Wildman–Crippen MR) is 58.8 cm³/mol. The monoisotopic (exact) mass is 184 g/mol. The average molecular weight is 184 g/mol. The topological polar surface area (TPSA) is 17.1 Å². The molecule has 0 atom stereocenters. The Morgan fingerprint density at radius 3 is 2.57 bits per heavy atom. The Labute approximate surface area is 83.4 Å². The zero-order chi connectivity index (χ0) is 10.1. The van der Waals surface area contributed by atoms with Gasteiger partial charge in [-0.25, -0.2) is 0 Å². The van der Waals surface area contributed by atoms with E-state index in [0.29, 0.717) is 0 Å². The quantitative estimate of drug-likeness (QED) is 0.622. The van der Waals surface area contributed by atoms with E-state index in [1.54, 1.807) is 0 Å². The van der Waals surface area contributed by atoms with Gasteiger partial charge in [-0.1, -0.05) is 23.8 Å². The largest absolute Gasteiger partial charge is 0.298 e. The second-order valence-electron chi connectivity index (χ2n) is 3.68. The Morgan fingerprint density at radius 1 is 1.07 bits per heavy atom. The van der Waals surface area contributed by atoms with E-state index >= 15 is 0 Å². The van der Waals surface area contributed by atoms with Gasteiger partial charge in [0.25, 0.3) is 0 Å². The first kappa shape index (κ1) is 8.95. The Kier molecular flexibility index (Phi) is 2.08. The molecule has 70 valence electrons. The minimum Gasteiger partial charge on any atom is -0.298 e. The van der Waals surface area contributed by atoms with Crippen molar-refractivity contribution in [1.29, 1.82) is 0 Å². The average Bonchev–Trinajstić information content (AvgIpc) is 2.19. The number of benzene rings is 2. The standard InChI is InChI=1S/C13H12O/c1-9-3-4-12-7-11(8-14)6-10(2)13(12)5-9/h3-8H,1-2H3. The van der Waals surface area contributed by atoms with Crippen molar-refractivity contribution in [2.24, 2.45) is 0 Å². The third-order valence-corrected chi connectivity index (χ3v) is 2.48. The highest BCUT2D eigenvalue weighted by atomic mass is 16.1. The lowest BCUT2D eigenvalue weighted by atomic mass is 10.0. The summed E-state index contributed by atoms with van der Waals surface area (Å²) in [5, 5.41) is 2.37. The van der Waals surface area contributed by atoms with Crippen molar-refractivity contribution in [3.8, 4) is 0 Å². The summed E-state index contributed by atoms with van der Waals surface area (Å²) in [6.45, 7) is 4.11. The predicted octanol–water partition coefficient (Wildman–Crippen LogP) is 3.27. The maximum absolute atomic E-state index is 10.7. The van der Waals surface area contributed by atoms with Gasteiger partial charge in [0, 0.05) is 5.56 Å². The molecule has 1 nitrogen and oxygen atoms in total. The molecule has 0 heterocycles. The zero-order valence-electron chi connectivity index (χ0n) is 8.37. The second kappa shape index (κ2) is 3.26. The van der Waals surface area contributed by atoms with Gasteiger partial charge in [0.05, 0.1) is 0 Å². The van der Waals surface area contributed by atoms with Gasteiger partial charge in [-0.15, -0.1) is 0 Å². The van der Waals surface area contributed by atoms with Crippen molar-refractivity contribution in [2.75, 3.05) is 0 Å². The summed E-state index contributed by atoms with van der Waals surface area (Å²) < 4.78 is 0. The van der Waals surface area contributed by atoms with Crippen LogP contribution in [0.4, 0.5) is 0 Å². The fourth-order valence-corrected chi connectivity index (χ4v) is 1.75. The van der Waals surface area contributed by atoms with Crippen molar-refractivity contribution >= 4 is 17.1 Å². The Hall–Kier alpha value is -1.63. The molecule has 1 heteroatoms. The van der Waals surface area contributed by atoms with Crippen molar-refractivity contribution in [3.05, 3.63) is 47.0 Å². The van der Waals surface area contributed by atoms with Crippen LogP contribution in [0.3, 0.4) is 0 Å². The molecule has 0 unspecified atom stereocenters. The van der Waals surface area contributed by atoms with Gasteiger partial charge in [0.1, 0.15) is 6.29 Å². The summed E-state index contributed by atoms with van der Waals surface area (Å²) in [6, 6.07) is 10.1. The van der Waals surface area contributed by atoms with E-state index < -0.39 is 0 Å². The highest BCUT2D eigenvalue weighted by molar-refractivity contribution is 5.91. The number of fused-ring (bicyclic) bond motifs is 1. The molecular weight excluding hydrogens is 172 g/mol. The molecule has 0 fully saturated rings. The molecule has 2 aromatic rings. The number of hydrogen-bond donors (Lipinski definition) is 0. The molecule has 0 radical (unpaired) electrons. The minimum absolute atomic E-state index is 0.749. The van der Waals surface area contributed by atoms with Gasteiger partial charge >= 0.3 is 0 Å². The maximum atomic E-state index is 10.7. The summed E-state index contributed by atoms with van der Waals surface area (Å²) in [6.07, 6.45) is 0.895. The first-order valence-electron chi connectivity index (χ1n) is 4.67. The van der Waals surface area contributed by atoms with E-state index in [0.717, 1.165) is 22.8 Å². The SMILES string of the molecule is Cc1ccc2cc(C=O)cc(C)c2c1. The lowest BCUT2D eigenvalue weighted by molar-refractivity contribution is 0.112. The molecule has 14 heavy (non-hydrogen) atoms. The molecule has 0 saturated heterocycles. The van der Waals surface area contributed by atoms with Crippen LogP contribution in [0.2, 0.25) is 0 Å². The number of hydrogen-bond acceptors (Lipinski definition) is 1. The highest BCUT2D eigenvalue weighted by Crippen LogP contribution is 2.21. The van der Waals surface area contributed by atoms with Gasteiger partial charge in [-0.05, 0) is 42.3 Å². The highest BCUT2D eigenvalue weighted by Gasteiger charge is 2.00. The number of rotatable bonds is 1. The van der Waals surface area contributed by atoms with Crippen LogP contribution in [0, 0.1) is 13.8 Å². The van der Waals surface area contributed by atoms with Crippen LogP contribution < -0.4 is 0 Å². The van der Waals surface area contributed by atoms with Gasteiger partial charge in [-0.3, -0.25) is 4.79 Å². The number of carbonyl (C=O) groups is 1. The lowest BCUT2D eigenvalue weighted by Crippen LogP contribution is -1.85. The molecule has 0 aromatic heterocycles. The lowest BCUT2D eigenvalue weighted by Gasteiger charge is -2.04. The molecule has 0 aliphatic rings. The van der Waals surface area contributed by atoms with Crippen LogP contribution in [-0.2, 0) is 0 Å². The van der Waals surface area contributed by atoms with Gasteiger partial charge in [-0.2, -0.15) is 0 Å². The van der Waals surface area contributed by atoms with Gasteiger partial charge in [0.2, 0.25) is 0 Å². The van der Waals surface area contributed by atoms with Crippen molar-refractivity contribution in [3.63, 3.8) is 0 Å². The summed E-state index contributed by atoms with van der Waals surface area (Å²) in [5.41, 5.74) is 3.16. The van der Waals surface area contributed by atoms with Crippen LogP contribution in [0.15, 0.2) is 30.3 Å². The minimum atomic E-state index is 0.749. The molecule has 0 aliphatic carbocycles. The van der Waals surface area contributed by atoms with Crippen LogP contribution >= 0.6 is 0 Å². The Morgan fingerprint density at radius 2 is 1.86 bits per heavy atom. The number of carbonyl (C=O) groups excluding carboxylic acids is 1. The van der Waals surface area contributed by atoms with Crippen LogP contribution in [0.5, 0.6) is 0 Å². The van der Waals surface area contributed by atoms with Crippen LogP contribution in [0.1, 0.15) is 21.5 Å². The van der Waals surface area contributed by atoms with Crippen molar-refractivity contribution < 1.29 is 4.79 Å². The normalized spacial score (nSPS) is 10.4. The van der Waals surface area contributed by atoms with Gasteiger partial charge in [0.15, 0.2) is 0 Å². The van der Waals surface area contributed by atoms with E-state index in [1.807, 2.05) is 19.1 Å². The third kappa shape index (κ3) is 1.41. The molecule has 0 amide bonds. The zero-order valence-corrected chi connectivity index (χ0v) is 8.37. The van der Waals surface area contributed by atoms with Crippen LogP contribution in [-0.4, -0.2) is 6.29 Å². The fourth-order valence-electron chi connectivity index (χ4n) is 1.75. The summed E-state index contributed by atoms with van der Waals surface area (Å²) >= 11 is 0. The molecule has 0 spiro atoms. The number of aryl methyl sites for hydroxylation is 2. The Balaban J connectivity index is 2.82. The van der Waals surface area contributed by atoms with E-state index in [9.17, 15) is 4.79 Å². The van der Waals surface area contributed by atoms with E-state index in [2.05, 4.69) is 25.1 Å². The summed E-state index contributed by atoms with van der Waals surface area (Å²) in [4.78, 5) is 10.7. The first-order chi connectivity index (χ1) is 6.70. The Bertz CT molecular complexity index is 498. The molecule has 0 N–H and O–H groups in total. The van der Waals surface area contributed by atoms with E-state index in [4.69, 9.17) is 0 Å². The summed E-state index contributed by atoms with van der Waals surface area (Å²) in [7, 11) is 0. The molecule has 0 bridgehead atoms. The van der Waals surface area contributed by atoms with Gasteiger partial charge < -0.3 is 0 Å². The van der Waals surface area contributed by atoms with Crippen molar-refractivity contribution in [1.82, 2.24) is 0 Å². The molecule has 0 aliphatic heterocycles. The smallest absolute Gasteiger partial charge is 0.150 e. The second-order valence-corrected chi connectivity index (χ2v) is 3.68. The van der Waals surface area contributed by atoms with E-state index in [1.165, 1.54) is 10.9 Å².